The Morgan fingerprint density at radius 2 is 2.06 bits per heavy atom. The third-order valence-electron chi connectivity index (χ3n) is 2.36. The number of hydrogen-bond acceptors (Lipinski definition) is 2. The highest BCUT2D eigenvalue weighted by Gasteiger charge is 2.15. The summed E-state index contributed by atoms with van der Waals surface area (Å²) in [4.78, 5) is 4.13. The van der Waals surface area contributed by atoms with Gasteiger partial charge in [0, 0.05) is 28.4 Å². The maximum Gasteiger partial charge on any atom is 0.142 e. The second-order valence-electron chi connectivity index (χ2n) is 3.47. The molecule has 2 aromatic rings. The first-order valence-corrected chi connectivity index (χ1v) is 6.28. The molecule has 0 radical (unpaired) electrons. The Balaban J connectivity index is 2.38. The lowest BCUT2D eigenvalue weighted by Crippen LogP contribution is -2.06. The van der Waals surface area contributed by atoms with Gasteiger partial charge in [-0.2, -0.15) is 0 Å². The van der Waals surface area contributed by atoms with E-state index in [0.717, 1.165) is 14.5 Å². The standard InChI is InChI=1S/C11H10Br2N2O/c1-15-5-4-14-11(15)10(16)7-2-3-8(12)9(13)6-7/h2-6,10,16H,1H3. The molecule has 0 spiro atoms. The van der Waals surface area contributed by atoms with E-state index >= 15 is 0 Å². The van der Waals surface area contributed by atoms with Crippen LogP contribution in [0.3, 0.4) is 0 Å². The van der Waals surface area contributed by atoms with Crippen LogP contribution in [-0.2, 0) is 7.05 Å². The zero-order valence-corrected chi connectivity index (χ0v) is 11.7. The minimum atomic E-state index is -0.704. The largest absolute Gasteiger partial charge is 0.380 e. The van der Waals surface area contributed by atoms with E-state index in [1.54, 1.807) is 10.8 Å². The van der Waals surface area contributed by atoms with E-state index in [9.17, 15) is 5.11 Å². The molecule has 0 fully saturated rings. The summed E-state index contributed by atoms with van der Waals surface area (Å²) in [5.41, 5.74) is 0.810. The molecule has 84 valence electrons. The van der Waals surface area contributed by atoms with Crippen LogP contribution in [0.1, 0.15) is 17.5 Å². The zero-order valence-electron chi connectivity index (χ0n) is 8.56. The molecule has 1 aromatic heterocycles. The number of halogens is 2. The summed E-state index contributed by atoms with van der Waals surface area (Å²) in [6.07, 6.45) is 2.78. The van der Waals surface area contributed by atoms with Gasteiger partial charge in [-0.05, 0) is 49.6 Å². The molecule has 5 heteroatoms. The number of aryl methyl sites for hydroxylation is 1. The van der Waals surface area contributed by atoms with Gasteiger partial charge in [0.2, 0.25) is 0 Å². The van der Waals surface area contributed by atoms with E-state index in [0.29, 0.717) is 5.82 Å². The SMILES string of the molecule is Cn1ccnc1C(O)c1ccc(Br)c(Br)c1. The number of hydrogen-bond donors (Lipinski definition) is 1. The van der Waals surface area contributed by atoms with Crippen molar-refractivity contribution >= 4 is 31.9 Å². The third kappa shape index (κ3) is 2.21. The molecule has 0 saturated heterocycles. The van der Waals surface area contributed by atoms with Gasteiger partial charge in [-0.1, -0.05) is 6.07 Å². The molecule has 1 unspecified atom stereocenters. The minimum Gasteiger partial charge on any atom is -0.380 e. The Labute approximate surface area is 110 Å². The molecule has 0 bridgehead atoms. The second-order valence-corrected chi connectivity index (χ2v) is 5.18. The lowest BCUT2D eigenvalue weighted by molar-refractivity contribution is 0.206. The van der Waals surface area contributed by atoms with Crippen molar-refractivity contribution in [2.75, 3.05) is 0 Å². The summed E-state index contributed by atoms with van der Waals surface area (Å²) in [7, 11) is 1.86. The van der Waals surface area contributed by atoms with Crippen LogP contribution < -0.4 is 0 Å². The predicted molar refractivity (Wildman–Crippen MR) is 69.1 cm³/mol. The third-order valence-corrected chi connectivity index (χ3v) is 4.24. The fourth-order valence-electron chi connectivity index (χ4n) is 1.47. The molecule has 1 atom stereocenters. The van der Waals surface area contributed by atoms with Gasteiger partial charge in [0.15, 0.2) is 0 Å². The van der Waals surface area contributed by atoms with Crippen LogP contribution in [0.2, 0.25) is 0 Å². The first-order chi connectivity index (χ1) is 7.59. The van der Waals surface area contributed by atoms with Crippen LogP contribution in [0.25, 0.3) is 0 Å². The van der Waals surface area contributed by atoms with Gasteiger partial charge in [-0.3, -0.25) is 0 Å². The maximum absolute atomic E-state index is 10.2. The molecule has 3 nitrogen and oxygen atoms in total. The fraction of sp³-hybridized carbons (Fsp3) is 0.182. The predicted octanol–water partition coefficient (Wildman–Crippen LogP) is 3.03. The number of imidazole rings is 1. The van der Waals surface area contributed by atoms with Crippen LogP contribution >= 0.6 is 31.9 Å². The van der Waals surface area contributed by atoms with E-state index in [4.69, 9.17) is 0 Å². The van der Waals surface area contributed by atoms with Crippen LogP contribution in [-0.4, -0.2) is 14.7 Å². The van der Waals surface area contributed by atoms with Gasteiger partial charge >= 0.3 is 0 Å². The van der Waals surface area contributed by atoms with E-state index < -0.39 is 6.10 Å². The smallest absolute Gasteiger partial charge is 0.142 e. The number of aliphatic hydroxyl groups is 1. The second kappa shape index (κ2) is 4.69. The van der Waals surface area contributed by atoms with Crippen LogP contribution in [0.4, 0.5) is 0 Å². The number of aliphatic hydroxyl groups excluding tert-OH is 1. The summed E-state index contributed by atoms with van der Waals surface area (Å²) < 4.78 is 3.68. The van der Waals surface area contributed by atoms with Crippen LogP contribution in [0, 0.1) is 0 Å². The van der Waals surface area contributed by atoms with Crippen molar-refractivity contribution in [3.63, 3.8) is 0 Å². The number of nitrogens with zero attached hydrogens (tertiary/aromatic N) is 2. The van der Waals surface area contributed by atoms with Crippen molar-refractivity contribution in [3.05, 3.63) is 50.9 Å². The van der Waals surface area contributed by atoms with E-state index in [1.807, 2.05) is 31.4 Å². The number of benzene rings is 1. The number of aromatic nitrogens is 2. The van der Waals surface area contributed by atoms with Crippen LogP contribution in [0.5, 0.6) is 0 Å². The molecule has 2 rings (SSSR count). The van der Waals surface area contributed by atoms with Gasteiger partial charge in [0.1, 0.15) is 11.9 Å². The van der Waals surface area contributed by atoms with Crippen molar-refractivity contribution in [2.24, 2.45) is 7.05 Å². The number of rotatable bonds is 2. The highest BCUT2D eigenvalue weighted by atomic mass is 79.9. The van der Waals surface area contributed by atoms with Crippen molar-refractivity contribution in [3.8, 4) is 0 Å². The summed E-state index contributed by atoms with van der Waals surface area (Å²) in [6, 6.07) is 5.64. The van der Waals surface area contributed by atoms with E-state index in [2.05, 4.69) is 36.8 Å². The lowest BCUT2D eigenvalue weighted by Gasteiger charge is -2.11. The fourth-order valence-corrected chi connectivity index (χ4v) is 2.12. The lowest BCUT2D eigenvalue weighted by atomic mass is 10.1. The molecular formula is C11H10Br2N2O. The van der Waals surface area contributed by atoms with Gasteiger partial charge in [-0.15, -0.1) is 0 Å². The molecule has 0 saturated carbocycles. The quantitative estimate of drug-likeness (QED) is 0.908. The topological polar surface area (TPSA) is 38.0 Å². The first kappa shape index (κ1) is 11.8. The van der Waals surface area contributed by atoms with Gasteiger partial charge in [0.25, 0.3) is 0 Å². The van der Waals surface area contributed by atoms with Gasteiger partial charge in [0.05, 0.1) is 0 Å². The molecule has 0 aliphatic rings. The Bertz CT molecular complexity index is 510. The molecule has 0 amide bonds. The molecular weight excluding hydrogens is 336 g/mol. The molecule has 0 aliphatic carbocycles. The van der Waals surface area contributed by atoms with E-state index in [-0.39, 0.29) is 0 Å². The average molecular weight is 346 g/mol. The summed E-state index contributed by atoms with van der Waals surface area (Å²) >= 11 is 6.80. The summed E-state index contributed by atoms with van der Waals surface area (Å²) in [5.74, 6) is 0.634. The van der Waals surface area contributed by atoms with Crippen molar-refractivity contribution in [1.29, 1.82) is 0 Å². The molecule has 1 N–H and O–H groups in total. The highest BCUT2D eigenvalue weighted by Crippen LogP contribution is 2.28. The summed E-state index contributed by atoms with van der Waals surface area (Å²) in [6.45, 7) is 0. The Morgan fingerprint density at radius 1 is 1.31 bits per heavy atom. The molecule has 1 aromatic carbocycles. The van der Waals surface area contributed by atoms with Crippen molar-refractivity contribution < 1.29 is 5.11 Å². The normalized spacial score (nSPS) is 12.8. The van der Waals surface area contributed by atoms with Crippen molar-refractivity contribution in [2.45, 2.75) is 6.10 Å². The average Bonchev–Trinajstić information content (AvgIpc) is 2.67. The minimum absolute atomic E-state index is 0.634. The monoisotopic (exact) mass is 344 g/mol. The molecule has 0 aliphatic heterocycles. The van der Waals surface area contributed by atoms with E-state index in [1.165, 1.54) is 0 Å². The molecule has 1 heterocycles. The first-order valence-electron chi connectivity index (χ1n) is 4.70. The van der Waals surface area contributed by atoms with Gasteiger partial charge in [-0.25, -0.2) is 4.98 Å². The Morgan fingerprint density at radius 3 is 2.62 bits per heavy atom. The van der Waals surface area contributed by atoms with Crippen molar-refractivity contribution in [1.82, 2.24) is 9.55 Å². The Kier molecular flexibility index (Phi) is 3.47. The maximum atomic E-state index is 10.2. The highest BCUT2D eigenvalue weighted by molar-refractivity contribution is 9.13. The van der Waals surface area contributed by atoms with Gasteiger partial charge < -0.3 is 9.67 Å². The Hall–Kier alpha value is -0.650. The summed E-state index contributed by atoms with van der Waals surface area (Å²) in [5, 5.41) is 10.2. The molecule has 16 heavy (non-hydrogen) atoms. The van der Waals surface area contributed by atoms with Crippen LogP contribution in [0.15, 0.2) is 39.5 Å². The zero-order chi connectivity index (χ0) is 11.7.